The first kappa shape index (κ1) is 7.80. The molecule has 12 heavy (non-hydrogen) atoms. The van der Waals surface area contributed by atoms with Crippen LogP contribution in [0.1, 0.15) is 24.9 Å². The van der Waals surface area contributed by atoms with Crippen LogP contribution in [0.15, 0.2) is 6.20 Å². The second-order valence-corrected chi connectivity index (χ2v) is 3.60. The fourth-order valence-corrected chi connectivity index (χ4v) is 1.75. The summed E-state index contributed by atoms with van der Waals surface area (Å²) in [7, 11) is 0. The van der Waals surface area contributed by atoms with Gasteiger partial charge < -0.3 is 9.67 Å². The highest BCUT2D eigenvalue weighted by atomic mass is 16.3. The van der Waals surface area contributed by atoms with Gasteiger partial charge in [-0.25, -0.2) is 4.98 Å². The molecular formula is C9H14N2O. The highest BCUT2D eigenvalue weighted by molar-refractivity contribution is 5.05. The highest BCUT2D eigenvalue weighted by Gasteiger charge is 2.16. The Kier molecular flexibility index (Phi) is 1.89. The van der Waals surface area contributed by atoms with Gasteiger partial charge in [0.15, 0.2) is 0 Å². The largest absolute Gasteiger partial charge is 0.390 e. The van der Waals surface area contributed by atoms with E-state index in [4.69, 9.17) is 5.11 Å². The van der Waals surface area contributed by atoms with Gasteiger partial charge in [-0.3, -0.25) is 0 Å². The molecule has 0 amide bonds. The first-order valence-electron chi connectivity index (χ1n) is 4.45. The lowest BCUT2D eigenvalue weighted by atomic mass is 10.0. The maximum Gasteiger partial charge on any atom is 0.109 e. The summed E-state index contributed by atoms with van der Waals surface area (Å²) in [6.07, 6.45) is 4.24. The molecular weight excluding hydrogens is 152 g/mol. The van der Waals surface area contributed by atoms with Gasteiger partial charge in [-0.2, -0.15) is 0 Å². The van der Waals surface area contributed by atoms with Crippen LogP contribution in [-0.2, 0) is 19.6 Å². The number of hydrogen-bond acceptors (Lipinski definition) is 2. The van der Waals surface area contributed by atoms with E-state index in [0.717, 1.165) is 30.4 Å². The minimum absolute atomic E-state index is 0.0639. The number of hydrogen-bond donors (Lipinski definition) is 1. The molecule has 1 aliphatic rings. The van der Waals surface area contributed by atoms with Gasteiger partial charge in [-0.1, -0.05) is 6.92 Å². The number of aliphatic hydroxyl groups is 1. The number of imidazole rings is 1. The van der Waals surface area contributed by atoms with E-state index in [9.17, 15) is 0 Å². The lowest BCUT2D eigenvalue weighted by Gasteiger charge is -2.19. The summed E-state index contributed by atoms with van der Waals surface area (Å²) in [6.45, 7) is 3.37. The third kappa shape index (κ3) is 1.25. The average molecular weight is 166 g/mol. The number of aromatic nitrogens is 2. The summed E-state index contributed by atoms with van der Waals surface area (Å²) in [5.74, 6) is 1.88. The van der Waals surface area contributed by atoms with Crippen molar-refractivity contribution in [1.82, 2.24) is 9.55 Å². The maximum absolute atomic E-state index is 8.88. The molecule has 66 valence electrons. The quantitative estimate of drug-likeness (QED) is 0.674. The summed E-state index contributed by atoms with van der Waals surface area (Å²) < 4.78 is 2.17. The molecule has 2 rings (SSSR count). The van der Waals surface area contributed by atoms with Crippen LogP contribution in [0.4, 0.5) is 0 Å². The Morgan fingerprint density at radius 3 is 3.33 bits per heavy atom. The van der Waals surface area contributed by atoms with E-state index >= 15 is 0 Å². The van der Waals surface area contributed by atoms with E-state index < -0.39 is 0 Å². The first-order chi connectivity index (χ1) is 5.79. The molecule has 0 spiro atoms. The maximum atomic E-state index is 8.88. The third-order valence-corrected chi connectivity index (χ3v) is 2.44. The van der Waals surface area contributed by atoms with Crippen LogP contribution in [-0.4, -0.2) is 14.7 Å². The first-order valence-corrected chi connectivity index (χ1v) is 4.45. The van der Waals surface area contributed by atoms with Crippen molar-refractivity contribution in [3.05, 3.63) is 17.7 Å². The molecule has 0 radical (unpaired) electrons. The molecule has 0 saturated heterocycles. The van der Waals surface area contributed by atoms with E-state index in [1.165, 1.54) is 6.42 Å². The minimum Gasteiger partial charge on any atom is -0.390 e. The Morgan fingerprint density at radius 1 is 1.75 bits per heavy atom. The Hall–Kier alpha value is -0.830. The van der Waals surface area contributed by atoms with E-state index in [2.05, 4.69) is 16.5 Å². The second kappa shape index (κ2) is 2.90. The summed E-state index contributed by atoms with van der Waals surface area (Å²) in [6, 6.07) is 0. The Morgan fingerprint density at radius 2 is 2.58 bits per heavy atom. The van der Waals surface area contributed by atoms with Gasteiger partial charge in [-0.15, -0.1) is 0 Å². The number of fused-ring (bicyclic) bond motifs is 1. The second-order valence-electron chi connectivity index (χ2n) is 3.60. The Bertz CT molecular complexity index is 280. The van der Waals surface area contributed by atoms with Gasteiger partial charge in [-0.05, 0) is 12.3 Å². The van der Waals surface area contributed by atoms with Crippen molar-refractivity contribution in [2.45, 2.75) is 32.9 Å². The predicted octanol–water partition coefficient (Wildman–Crippen LogP) is 0.958. The lowest BCUT2D eigenvalue weighted by Crippen LogP contribution is -2.17. The molecule has 0 saturated carbocycles. The zero-order valence-electron chi connectivity index (χ0n) is 7.32. The predicted molar refractivity (Wildman–Crippen MR) is 45.6 cm³/mol. The van der Waals surface area contributed by atoms with Gasteiger partial charge in [0, 0.05) is 19.2 Å². The molecule has 0 fully saturated rings. The van der Waals surface area contributed by atoms with Crippen LogP contribution in [0, 0.1) is 5.92 Å². The molecule has 0 aliphatic carbocycles. The standard InChI is InChI=1S/C9H14N2O/c1-7-2-3-9-10-8(6-12)5-11(9)4-7/h5,7,12H,2-4,6H2,1H3. The number of aryl methyl sites for hydroxylation is 1. The monoisotopic (exact) mass is 166 g/mol. The number of aliphatic hydroxyl groups excluding tert-OH is 1. The summed E-state index contributed by atoms with van der Waals surface area (Å²) in [4.78, 5) is 4.32. The van der Waals surface area contributed by atoms with Crippen LogP contribution in [0.25, 0.3) is 0 Å². The molecule has 1 unspecified atom stereocenters. The topological polar surface area (TPSA) is 38.1 Å². The van der Waals surface area contributed by atoms with E-state index in [1.807, 2.05) is 6.20 Å². The molecule has 0 aromatic carbocycles. The fourth-order valence-electron chi connectivity index (χ4n) is 1.75. The van der Waals surface area contributed by atoms with Crippen LogP contribution < -0.4 is 0 Å². The van der Waals surface area contributed by atoms with Crippen LogP contribution in [0.5, 0.6) is 0 Å². The molecule has 2 heterocycles. The van der Waals surface area contributed by atoms with Gasteiger partial charge in [0.25, 0.3) is 0 Å². The highest BCUT2D eigenvalue weighted by Crippen LogP contribution is 2.19. The zero-order valence-corrected chi connectivity index (χ0v) is 7.32. The van der Waals surface area contributed by atoms with E-state index in [-0.39, 0.29) is 6.61 Å². The van der Waals surface area contributed by atoms with Crippen LogP contribution in [0.3, 0.4) is 0 Å². The molecule has 1 aromatic heterocycles. The van der Waals surface area contributed by atoms with Gasteiger partial charge in [0.1, 0.15) is 5.82 Å². The minimum atomic E-state index is 0.0639. The van der Waals surface area contributed by atoms with Crippen molar-refractivity contribution >= 4 is 0 Å². The van der Waals surface area contributed by atoms with Gasteiger partial charge >= 0.3 is 0 Å². The summed E-state index contributed by atoms with van der Waals surface area (Å²) in [5.41, 5.74) is 0.805. The SMILES string of the molecule is CC1CCc2nc(CO)cn2C1. The fraction of sp³-hybridized carbons (Fsp3) is 0.667. The van der Waals surface area contributed by atoms with E-state index in [1.54, 1.807) is 0 Å². The molecule has 0 bridgehead atoms. The molecule has 3 nitrogen and oxygen atoms in total. The summed E-state index contributed by atoms with van der Waals surface area (Å²) in [5, 5.41) is 8.88. The van der Waals surface area contributed by atoms with Crippen molar-refractivity contribution in [2.24, 2.45) is 5.92 Å². The smallest absolute Gasteiger partial charge is 0.109 e. The molecule has 1 aliphatic heterocycles. The van der Waals surface area contributed by atoms with Crippen LogP contribution >= 0.6 is 0 Å². The third-order valence-electron chi connectivity index (χ3n) is 2.44. The number of nitrogens with zero attached hydrogens (tertiary/aromatic N) is 2. The Balaban J connectivity index is 2.28. The Labute approximate surface area is 72.0 Å². The van der Waals surface area contributed by atoms with E-state index in [0.29, 0.717) is 0 Å². The zero-order chi connectivity index (χ0) is 8.55. The van der Waals surface area contributed by atoms with Gasteiger partial charge in [0.2, 0.25) is 0 Å². The molecule has 1 atom stereocenters. The van der Waals surface area contributed by atoms with Crippen molar-refractivity contribution in [3.63, 3.8) is 0 Å². The summed E-state index contributed by atoms with van der Waals surface area (Å²) >= 11 is 0. The van der Waals surface area contributed by atoms with Crippen molar-refractivity contribution < 1.29 is 5.11 Å². The molecule has 1 N–H and O–H groups in total. The van der Waals surface area contributed by atoms with Gasteiger partial charge in [0.05, 0.1) is 12.3 Å². The van der Waals surface area contributed by atoms with Crippen molar-refractivity contribution in [1.29, 1.82) is 0 Å². The normalized spacial score (nSPS) is 22.3. The average Bonchev–Trinajstić information content (AvgIpc) is 2.46. The van der Waals surface area contributed by atoms with Crippen LogP contribution in [0.2, 0.25) is 0 Å². The van der Waals surface area contributed by atoms with Crippen molar-refractivity contribution in [2.75, 3.05) is 0 Å². The lowest BCUT2D eigenvalue weighted by molar-refractivity contribution is 0.277. The number of rotatable bonds is 1. The molecule has 3 heteroatoms. The molecule has 1 aromatic rings. The van der Waals surface area contributed by atoms with Crippen molar-refractivity contribution in [3.8, 4) is 0 Å².